The molecule has 0 aliphatic heterocycles. The maximum absolute atomic E-state index is 12.0. The molecule has 1 amide bonds. The van der Waals surface area contributed by atoms with Crippen molar-refractivity contribution in [2.75, 3.05) is 5.32 Å². The lowest BCUT2D eigenvalue weighted by Crippen LogP contribution is -2.13. The molecular weight excluding hydrogens is 288 g/mol. The van der Waals surface area contributed by atoms with Crippen LogP contribution in [0, 0.1) is 11.3 Å². The average Bonchev–Trinajstić information content (AvgIpc) is 2.47. The van der Waals surface area contributed by atoms with Gasteiger partial charge in [0.2, 0.25) is 0 Å². The van der Waals surface area contributed by atoms with Gasteiger partial charge in [-0.2, -0.15) is 5.26 Å². The fraction of sp³-hybridized carbons (Fsp3) is 0. The molecular formula is C16H11ClN2O2. The van der Waals surface area contributed by atoms with Crippen LogP contribution in [0.4, 0.5) is 5.69 Å². The van der Waals surface area contributed by atoms with E-state index in [0.717, 1.165) is 0 Å². The van der Waals surface area contributed by atoms with Crippen molar-refractivity contribution < 1.29 is 9.90 Å². The second-order valence-electron chi connectivity index (χ2n) is 4.23. The van der Waals surface area contributed by atoms with Gasteiger partial charge in [-0.1, -0.05) is 23.7 Å². The Morgan fingerprint density at radius 2 is 1.95 bits per heavy atom. The first-order chi connectivity index (χ1) is 10.1. The van der Waals surface area contributed by atoms with Gasteiger partial charge >= 0.3 is 0 Å². The average molecular weight is 299 g/mol. The molecule has 2 rings (SSSR count). The van der Waals surface area contributed by atoms with Crippen LogP contribution in [-0.2, 0) is 4.79 Å². The predicted octanol–water partition coefficient (Wildman–Crippen LogP) is 3.59. The van der Waals surface area contributed by atoms with E-state index in [2.05, 4.69) is 5.32 Å². The zero-order valence-electron chi connectivity index (χ0n) is 10.9. The predicted molar refractivity (Wildman–Crippen MR) is 81.8 cm³/mol. The number of amides is 1. The lowest BCUT2D eigenvalue weighted by molar-refractivity contribution is -0.112. The number of nitrogens with one attached hydrogen (secondary N) is 1. The minimum absolute atomic E-state index is 0.0597. The molecule has 2 aromatic carbocycles. The number of phenols is 1. The summed E-state index contributed by atoms with van der Waals surface area (Å²) in [6.45, 7) is 0. The summed E-state index contributed by atoms with van der Waals surface area (Å²) in [6.07, 6.45) is 1.41. The van der Waals surface area contributed by atoms with E-state index in [1.807, 2.05) is 6.07 Å². The third-order valence-electron chi connectivity index (χ3n) is 2.65. The largest absolute Gasteiger partial charge is 0.508 e. The van der Waals surface area contributed by atoms with Crippen molar-refractivity contribution in [1.29, 1.82) is 5.26 Å². The first-order valence-corrected chi connectivity index (χ1v) is 6.44. The number of nitriles is 1. The Labute approximate surface area is 126 Å². The van der Waals surface area contributed by atoms with Gasteiger partial charge in [-0.05, 0) is 48.0 Å². The Bertz CT molecular complexity index is 731. The molecule has 0 radical (unpaired) electrons. The molecule has 0 heterocycles. The van der Waals surface area contributed by atoms with E-state index in [1.165, 1.54) is 18.2 Å². The highest BCUT2D eigenvalue weighted by Gasteiger charge is 2.09. The second-order valence-corrected chi connectivity index (χ2v) is 4.66. The van der Waals surface area contributed by atoms with Crippen LogP contribution in [0.3, 0.4) is 0 Å². The number of anilines is 1. The van der Waals surface area contributed by atoms with Crippen LogP contribution in [0.25, 0.3) is 6.08 Å². The van der Waals surface area contributed by atoms with Gasteiger partial charge in [0.05, 0.1) is 0 Å². The fourth-order valence-corrected chi connectivity index (χ4v) is 1.79. The molecule has 0 saturated heterocycles. The number of hydrogen-bond acceptors (Lipinski definition) is 3. The Morgan fingerprint density at radius 3 is 2.57 bits per heavy atom. The van der Waals surface area contributed by atoms with Crippen LogP contribution >= 0.6 is 11.6 Å². The summed E-state index contributed by atoms with van der Waals surface area (Å²) < 4.78 is 0. The number of phenolic OH excluding ortho intramolecular Hbond substituents is 1. The summed E-state index contributed by atoms with van der Waals surface area (Å²) >= 11 is 5.76. The van der Waals surface area contributed by atoms with Crippen molar-refractivity contribution in [3.63, 3.8) is 0 Å². The molecule has 5 heteroatoms. The number of benzene rings is 2. The van der Waals surface area contributed by atoms with Gasteiger partial charge in [0, 0.05) is 10.7 Å². The van der Waals surface area contributed by atoms with Crippen molar-refractivity contribution in [2.45, 2.75) is 0 Å². The molecule has 0 aliphatic carbocycles. The van der Waals surface area contributed by atoms with E-state index in [-0.39, 0.29) is 11.3 Å². The van der Waals surface area contributed by atoms with Crippen molar-refractivity contribution in [3.8, 4) is 11.8 Å². The van der Waals surface area contributed by atoms with Crippen molar-refractivity contribution in [3.05, 3.63) is 64.7 Å². The van der Waals surface area contributed by atoms with E-state index in [0.29, 0.717) is 16.3 Å². The number of aromatic hydroxyl groups is 1. The van der Waals surface area contributed by atoms with Crippen LogP contribution in [0.2, 0.25) is 5.02 Å². The Morgan fingerprint density at radius 1 is 1.24 bits per heavy atom. The molecule has 0 saturated carbocycles. The summed E-state index contributed by atoms with van der Waals surface area (Å²) in [5.74, 6) is -0.456. The highest BCUT2D eigenvalue weighted by molar-refractivity contribution is 6.30. The monoisotopic (exact) mass is 298 g/mol. The number of halogens is 1. The SMILES string of the molecule is N#CC(=Cc1cccc(O)c1)C(=O)Nc1ccc(Cl)cc1. The summed E-state index contributed by atoms with van der Waals surface area (Å²) in [7, 11) is 0. The van der Waals surface area contributed by atoms with Gasteiger partial charge in [0.1, 0.15) is 17.4 Å². The molecule has 4 nitrogen and oxygen atoms in total. The molecule has 0 fully saturated rings. The summed E-state index contributed by atoms with van der Waals surface area (Å²) in [6, 6.07) is 14.7. The smallest absolute Gasteiger partial charge is 0.266 e. The standard InChI is InChI=1S/C16H11ClN2O2/c17-13-4-6-14(7-5-13)19-16(21)12(10-18)8-11-2-1-3-15(20)9-11/h1-9,20H,(H,19,21). The normalized spacial score (nSPS) is 10.8. The van der Waals surface area contributed by atoms with E-state index in [1.54, 1.807) is 36.4 Å². The minimum atomic E-state index is -0.525. The molecule has 0 unspecified atom stereocenters. The van der Waals surface area contributed by atoms with Crippen LogP contribution in [0.5, 0.6) is 5.75 Å². The van der Waals surface area contributed by atoms with Gasteiger partial charge < -0.3 is 10.4 Å². The maximum Gasteiger partial charge on any atom is 0.266 e. The zero-order valence-corrected chi connectivity index (χ0v) is 11.6. The third-order valence-corrected chi connectivity index (χ3v) is 2.90. The quantitative estimate of drug-likeness (QED) is 0.672. The molecule has 0 aromatic heterocycles. The molecule has 2 N–H and O–H groups in total. The lowest BCUT2D eigenvalue weighted by atomic mass is 10.1. The van der Waals surface area contributed by atoms with E-state index < -0.39 is 5.91 Å². The third kappa shape index (κ3) is 4.10. The van der Waals surface area contributed by atoms with E-state index in [9.17, 15) is 9.90 Å². The Balaban J connectivity index is 2.19. The topological polar surface area (TPSA) is 73.1 Å². The first-order valence-electron chi connectivity index (χ1n) is 6.06. The fourth-order valence-electron chi connectivity index (χ4n) is 1.66. The van der Waals surface area contributed by atoms with Crippen molar-refractivity contribution in [2.24, 2.45) is 0 Å². The van der Waals surface area contributed by atoms with Crippen LogP contribution in [-0.4, -0.2) is 11.0 Å². The molecule has 21 heavy (non-hydrogen) atoms. The molecule has 104 valence electrons. The highest BCUT2D eigenvalue weighted by Crippen LogP contribution is 2.16. The number of carbonyl (C=O) groups is 1. The van der Waals surface area contributed by atoms with Gasteiger partial charge in [-0.3, -0.25) is 4.79 Å². The first kappa shape index (κ1) is 14.6. The van der Waals surface area contributed by atoms with E-state index in [4.69, 9.17) is 16.9 Å². The number of rotatable bonds is 3. The Hall–Kier alpha value is -2.77. The van der Waals surface area contributed by atoms with Gasteiger partial charge in [-0.15, -0.1) is 0 Å². The number of nitrogens with zero attached hydrogens (tertiary/aromatic N) is 1. The highest BCUT2D eigenvalue weighted by atomic mass is 35.5. The van der Waals surface area contributed by atoms with Crippen LogP contribution in [0.1, 0.15) is 5.56 Å². The zero-order chi connectivity index (χ0) is 15.2. The molecule has 0 bridgehead atoms. The minimum Gasteiger partial charge on any atom is -0.508 e. The van der Waals surface area contributed by atoms with Gasteiger partial charge in [0.25, 0.3) is 5.91 Å². The molecule has 0 spiro atoms. The summed E-state index contributed by atoms with van der Waals surface area (Å²) in [4.78, 5) is 12.0. The summed E-state index contributed by atoms with van der Waals surface area (Å²) in [5.41, 5.74) is 1.05. The number of hydrogen-bond donors (Lipinski definition) is 2. The van der Waals surface area contributed by atoms with Gasteiger partial charge in [0.15, 0.2) is 0 Å². The molecule has 2 aromatic rings. The Kier molecular flexibility index (Phi) is 4.60. The van der Waals surface area contributed by atoms with E-state index >= 15 is 0 Å². The van der Waals surface area contributed by atoms with Crippen molar-refractivity contribution >= 4 is 29.3 Å². The number of carbonyl (C=O) groups excluding carboxylic acids is 1. The van der Waals surface area contributed by atoms with Crippen molar-refractivity contribution in [1.82, 2.24) is 0 Å². The van der Waals surface area contributed by atoms with Crippen LogP contribution in [0.15, 0.2) is 54.1 Å². The van der Waals surface area contributed by atoms with Gasteiger partial charge in [-0.25, -0.2) is 0 Å². The lowest BCUT2D eigenvalue weighted by Gasteiger charge is -2.04. The molecule has 0 atom stereocenters. The summed E-state index contributed by atoms with van der Waals surface area (Å²) in [5, 5.41) is 21.6. The maximum atomic E-state index is 12.0. The molecule has 0 aliphatic rings. The van der Waals surface area contributed by atoms with Crippen LogP contribution < -0.4 is 5.32 Å². The second kappa shape index (κ2) is 6.60.